The quantitative estimate of drug-likeness (QED) is 0.620. The summed E-state index contributed by atoms with van der Waals surface area (Å²) in [5.74, 6) is 0.0398. The van der Waals surface area contributed by atoms with Gasteiger partial charge in [0.2, 0.25) is 5.91 Å². The Labute approximate surface area is 130 Å². The molecule has 1 fully saturated rings. The third-order valence-corrected chi connectivity index (χ3v) is 4.63. The molecule has 21 heavy (non-hydrogen) atoms. The summed E-state index contributed by atoms with van der Waals surface area (Å²) in [7, 11) is 0. The van der Waals surface area contributed by atoms with Crippen molar-refractivity contribution in [2.75, 3.05) is 39.3 Å². The van der Waals surface area contributed by atoms with E-state index in [2.05, 4.69) is 22.1 Å². The van der Waals surface area contributed by atoms with E-state index in [9.17, 15) is 4.79 Å². The van der Waals surface area contributed by atoms with Gasteiger partial charge in [-0.15, -0.1) is 11.3 Å². The molecule has 0 radical (unpaired) electrons. The molecule has 0 bridgehead atoms. The van der Waals surface area contributed by atoms with Crippen LogP contribution in [-0.4, -0.2) is 61.3 Å². The van der Waals surface area contributed by atoms with Crippen molar-refractivity contribution in [1.29, 1.82) is 0 Å². The molecule has 0 spiro atoms. The van der Waals surface area contributed by atoms with Gasteiger partial charge in [-0.1, -0.05) is 6.07 Å². The molecule has 3 N–H and O–H groups in total. The Morgan fingerprint density at radius 1 is 1.57 bits per heavy atom. The van der Waals surface area contributed by atoms with E-state index in [0.717, 1.165) is 25.9 Å². The maximum absolute atomic E-state index is 12.0. The lowest BCUT2D eigenvalue weighted by Crippen LogP contribution is -2.44. The van der Waals surface area contributed by atoms with E-state index in [1.54, 1.807) is 11.3 Å². The Morgan fingerprint density at radius 2 is 2.48 bits per heavy atom. The van der Waals surface area contributed by atoms with Crippen LogP contribution >= 0.6 is 11.3 Å². The van der Waals surface area contributed by atoms with E-state index in [0.29, 0.717) is 25.7 Å². The van der Waals surface area contributed by atoms with Crippen molar-refractivity contribution in [1.82, 2.24) is 15.5 Å². The highest BCUT2D eigenvalue weighted by Crippen LogP contribution is 2.08. The first-order chi connectivity index (χ1) is 10.3. The van der Waals surface area contributed by atoms with Gasteiger partial charge in [0, 0.05) is 30.6 Å². The lowest BCUT2D eigenvalue weighted by Gasteiger charge is -2.24. The van der Waals surface area contributed by atoms with Crippen molar-refractivity contribution in [3.8, 4) is 0 Å². The molecule has 1 aliphatic rings. The minimum Gasteiger partial charge on any atom is -0.395 e. The molecule has 0 aromatic carbocycles. The zero-order chi connectivity index (χ0) is 14.9. The van der Waals surface area contributed by atoms with Gasteiger partial charge in [-0.25, -0.2) is 0 Å². The maximum Gasteiger partial charge on any atom is 0.234 e. The number of aliphatic hydroxyl groups is 1. The van der Waals surface area contributed by atoms with E-state index in [-0.39, 0.29) is 12.5 Å². The SMILES string of the molecule is O=C(CN(CCO)CC1CCCN1)NCCc1cccs1. The van der Waals surface area contributed by atoms with E-state index >= 15 is 0 Å². The Morgan fingerprint density at radius 3 is 3.14 bits per heavy atom. The van der Waals surface area contributed by atoms with E-state index in [4.69, 9.17) is 5.11 Å². The summed E-state index contributed by atoms with van der Waals surface area (Å²) in [6.45, 7) is 3.58. The highest BCUT2D eigenvalue weighted by atomic mass is 32.1. The van der Waals surface area contributed by atoms with Crippen LogP contribution in [0.25, 0.3) is 0 Å². The third-order valence-electron chi connectivity index (χ3n) is 3.70. The van der Waals surface area contributed by atoms with Gasteiger partial charge in [-0.2, -0.15) is 0 Å². The van der Waals surface area contributed by atoms with Crippen LogP contribution in [0, 0.1) is 0 Å². The molecule has 1 amide bonds. The highest BCUT2D eigenvalue weighted by Gasteiger charge is 2.19. The van der Waals surface area contributed by atoms with Gasteiger partial charge < -0.3 is 15.7 Å². The lowest BCUT2D eigenvalue weighted by molar-refractivity contribution is -0.122. The fraction of sp³-hybridized carbons (Fsp3) is 0.667. The van der Waals surface area contributed by atoms with Crippen LogP contribution < -0.4 is 10.6 Å². The van der Waals surface area contributed by atoms with E-state index in [1.165, 1.54) is 11.3 Å². The van der Waals surface area contributed by atoms with Crippen molar-refractivity contribution < 1.29 is 9.90 Å². The van der Waals surface area contributed by atoms with Gasteiger partial charge in [0.05, 0.1) is 13.2 Å². The highest BCUT2D eigenvalue weighted by molar-refractivity contribution is 7.09. The fourth-order valence-corrected chi connectivity index (χ4v) is 3.35. The minimum atomic E-state index is 0.0398. The Bertz CT molecular complexity index is 405. The van der Waals surface area contributed by atoms with Crippen molar-refractivity contribution in [2.45, 2.75) is 25.3 Å². The molecule has 2 heterocycles. The average Bonchev–Trinajstić information content (AvgIpc) is 3.12. The van der Waals surface area contributed by atoms with Gasteiger partial charge in [0.25, 0.3) is 0 Å². The summed E-state index contributed by atoms with van der Waals surface area (Å²) in [6, 6.07) is 4.57. The molecule has 6 heteroatoms. The maximum atomic E-state index is 12.0. The molecule has 0 saturated carbocycles. The first-order valence-corrected chi connectivity index (χ1v) is 8.51. The second-order valence-electron chi connectivity index (χ2n) is 5.43. The molecule has 1 saturated heterocycles. The van der Waals surface area contributed by atoms with Crippen molar-refractivity contribution in [3.05, 3.63) is 22.4 Å². The molecule has 5 nitrogen and oxygen atoms in total. The van der Waals surface area contributed by atoms with Gasteiger partial charge >= 0.3 is 0 Å². The van der Waals surface area contributed by atoms with Crippen LogP contribution in [0.4, 0.5) is 0 Å². The van der Waals surface area contributed by atoms with E-state index in [1.807, 2.05) is 11.0 Å². The van der Waals surface area contributed by atoms with Gasteiger partial charge in [0.1, 0.15) is 0 Å². The van der Waals surface area contributed by atoms with E-state index < -0.39 is 0 Å². The number of hydrogen-bond acceptors (Lipinski definition) is 5. The minimum absolute atomic E-state index is 0.0398. The van der Waals surface area contributed by atoms with Gasteiger partial charge in [0.15, 0.2) is 0 Å². The number of nitrogens with zero attached hydrogens (tertiary/aromatic N) is 1. The molecular formula is C15H25N3O2S. The molecule has 1 atom stereocenters. The zero-order valence-corrected chi connectivity index (χ0v) is 13.2. The third kappa shape index (κ3) is 6.13. The Kier molecular flexibility index (Phi) is 7.15. The van der Waals surface area contributed by atoms with Crippen LogP contribution in [0.3, 0.4) is 0 Å². The first-order valence-electron chi connectivity index (χ1n) is 7.63. The second-order valence-corrected chi connectivity index (χ2v) is 6.46. The summed E-state index contributed by atoms with van der Waals surface area (Å²) in [5, 5.41) is 17.6. The predicted octanol–water partition coefficient (Wildman–Crippen LogP) is 0.453. The molecule has 1 aromatic rings. The summed E-state index contributed by atoms with van der Waals surface area (Å²) < 4.78 is 0. The topological polar surface area (TPSA) is 64.6 Å². The van der Waals surface area contributed by atoms with Crippen molar-refractivity contribution >= 4 is 17.2 Å². The predicted molar refractivity (Wildman–Crippen MR) is 85.6 cm³/mol. The number of aliphatic hydroxyl groups excluding tert-OH is 1. The first kappa shape index (κ1) is 16.4. The molecule has 118 valence electrons. The van der Waals surface area contributed by atoms with Crippen LogP contribution in [0.2, 0.25) is 0 Å². The number of amides is 1. The van der Waals surface area contributed by atoms with Crippen LogP contribution in [0.5, 0.6) is 0 Å². The number of nitrogens with one attached hydrogen (secondary N) is 2. The van der Waals surface area contributed by atoms with Crippen LogP contribution in [0.1, 0.15) is 17.7 Å². The number of thiophene rings is 1. The molecule has 0 aliphatic carbocycles. The van der Waals surface area contributed by atoms with Crippen LogP contribution in [0.15, 0.2) is 17.5 Å². The number of carbonyl (C=O) groups is 1. The average molecular weight is 311 g/mol. The molecular weight excluding hydrogens is 286 g/mol. The summed E-state index contributed by atoms with van der Waals surface area (Å²) >= 11 is 1.71. The smallest absolute Gasteiger partial charge is 0.234 e. The Hall–Kier alpha value is -0.950. The van der Waals surface area contributed by atoms with Gasteiger partial charge in [-0.3, -0.25) is 9.69 Å². The standard InChI is InChI=1S/C15H25N3O2S/c19-9-8-18(11-13-3-1-6-16-13)12-15(20)17-7-5-14-4-2-10-21-14/h2,4,10,13,16,19H,1,3,5-9,11-12H2,(H,17,20). The molecule has 1 aromatic heterocycles. The molecule has 2 rings (SSSR count). The lowest BCUT2D eigenvalue weighted by atomic mass is 10.2. The number of carbonyl (C=O) groups excluding carboxylic acids is 1. The monoisotopic (exact) mass is 311 g/mol. The molecule has 1 unspecified atom stereocenters. The van der Waals surface area contributed by atoms with Crippen molar-refractivity contribution in [3.63, 3.8) is 0 Å². The summed E-state index contributed by atoms with van der Waals surface area (Å²) in [4.78, 5) is 15.3. The van der Waals surface area contributed by atoms with Gasteiger partial charge in [-0.05, 0) is 37.3 Å². The largest absolute Gasteiger partial charge is 0.395 e. The summed E-state index contributed by atoms with van der Waals surface area (Å²) in [5.41, 5.74) is 0. The Balaban J connectivity index is 1.67. The second kappa shape index (κ2) is 9.15. The van der Waals surface area contributed by atoms with Crippen LogP contribution in [-0.2, 0) is 11.2 Å². The normalized spacial score (nSPS) is 18.3. The summed E-state index contributed by atoms with van der Waals surface area (Å²) in [6.07, 6.45) is 3.24. The fourth-order valence-electron chi connectivity index (χ4n) is 2.64. The molecule has 1 aliphatic heterocycles. The van der Waals surface area contributed by atoms with Crippen molar-refractivity contribution in [2.24, 2.45) is 0 Å². The zero-order valence-electron chi connectivity index (χ0n) is 12.4. The number of hydrogen-bond donors (Lipinski definition) is 3. The number of rotatable bonds is 9.